The molecule has 0 spiro atoms. The highest BCUT2D eigenvalue weighted by Gasteiger charge is 2.22. The van der Waals surface area contributed by atoms with Gasteiger partial charge in [-0.1, -0.05) is 0 Å². The Morgan fingerprint density at radius 3 is 2.53 bits per heavy atom. The molecule has 0 saturated carbocycles. The average Bonchev–Trinajstić information content (AvgIpc) is 3.07. The van der Waals surface area contributed by atoms with Gasteiger partial charge in [0.05, 0.1) is 24.4 Å². The first-order valence-corrected chi connectivity index (χ1v) is 11.3. The van der Waals surface area contributed by atoms with Crippen molar-refractivity contribution in [3.05, 3.63) is 58.7 Å². The molecule has 32 heavy (non-hydrogen) atoms. The number of fused-ring (bicyclic) bond motifs is 3. The number of nitrogens with two attached hydrogens (primary N) is 1. The third-order valence-electron chi connectivity index (χ3n) is 5.20. The molecule has 0 aliphatic carbocycles. The highest BCUT2D eigenvalue weighted by atomic mass is 32.2. The molecule has 11 heteroatoms. The van der Waals surface area contributed by atoms with E-state index in [1.165, 1.54) is 0 Å². The molecule has 1 aromatic carbocycles. The number of hydrogen-bond acceptors (Lipinski definition) is 6. The van der Waals surface area contributed by atoms with Gasteiger partial charge in [-0.2, -0.15) is 0 Å². The summed E-state index contributed by atoms with van der Waals surface area (Å²) in [7, 11) is -2.84. The van der Waals surface area contributed by atoms with Crippen LogP contribution in [0, 0.1) is 25.5 Å². The molecule has 0 unspecified atom stereocenters. The van der Waals surface area contributed by atoms with Crippen molar-refractivity contribution in [1.82, 2.24) is 19.5 Å². The number of halogens is 2. The predicted molar refractivity (Wildman–Crippen MR) is 115 cm³/mol. The minimum absolute atomic E-state index is 0.0458. The minimum atomic E-state index is -4.40. The molecular formula is C21H21F2N5O3S. The molecule has 2 N–H and O–H groups in total. The number of primary sulfonamides is 1. The molecule has 0 atom stereocenters. The van der Waals surface area contributed by atoms with Gasteiger partial charge in [0.25, 0.3) is 0 Å². The van der Waals surface area contributed by atoms with E-state index in [-0.39, 0.29) is 12.1 Å². The number of methoxy groups -OCH3 is 1. The van der Waals surface area contributed by atoms with Crippen LogP contribution in [-0.2, 0) is 27.7 Å². The molecule has 0 fully saturated rings. The first-order valence-electron chi connectivity index (χ1n) is 9.73. The van der Waals surface area contributed by atoms with Crippen molar-refractivity contribution >= 4 is 32.1 Å². The number of pyridine rings is 2. The van der Waals surface area contributed by atoms with Crippen molar-refractivity contribution < 1.29 is 21.9 Å². The number of aryl methyl sites for hydroxylation is 2. The zero-order valence-corrected chi connectivity index (χ0v) is 18.5. The van der Waals surface area contributed by atoms with Crippen molar-refractivity contribution in [3.8, 4) is 0 Å². The van der Waals surface area contributed by atoms with Crippen molar-refractivity contribution in [1.29, 1.82) is 0 Å². The molecule has 4 aromatic rings. The number of rotatable bonds is 6. The van der Waals surface area contributed by atoms with Crippen LogP contribution in [0.25, 0.3) is 22.1 Å². The third kappa shape index (κ3) is 3.94. The SMILES string of the molecule is COCCc1nc2c(C)nc3nc(C)ccc3c2n1Cc1cc(F)c(S(N)(=O)=O)cc1F. The van der Waals surface area contributed by atoms with E-state index >= 15 is 0 Å². The number of imidazole rings is 1. The van der Waals surface area contributed by atoms with E-state index in [0.717, 1.165) is 17.1 Å². The molecule has 3 heterocycles. The number of ether oxygens (including phenoxy) is 1. The highest BCUT2D eigenvalue weighted by Crippen LogP contribution is 2.29. The lowest BCUT2D eigenvalue weighted by Crippen LogP contribution is -2.16. The Morgan fingerprint density at radius 2 is 1.84 bits per heavy atom. The maximum Gasteiger partial charge on any atom is 0.241 e. The fourth-order valence-corrected chi connectivity index (χ4v) is 4.28. The Labute approximate surface area is 183 Å². The Bertz CT molecular complexity index is 1470. The summed E-state index contributed by atoms with van der Waals surface area (Å²) >= 11 is 0. The lowest BCUT2D eigenvalue weighted by molar-refractivity contribution is 0.200. The van der Waals surface area contributed by atoms with Crippen molar-refractivity contribution in [2.24, 2.45) is 5.14 Å². The normalized spacial score (nSPS) is 12.2. The van der Waals surface area contributed by atoms with Crippen LogP contribution in [0.5, 0.6) is 0 Å². The van der Waals surface area contributed by atoms with Gasteiger partial charge in [-0.15, -0.1) is 0 Å². The summed E-state index contributed by atoms with van der Waals surface area (Å²) in [6, 6.07) is 5.15. The number of aromatic nitrogens is 4. The smallest absolute Gasteiger partial charge is 0.241 e. The summed E-state index contributed by atoms with van der Waals surface area (Å²) in [5, 5.41) is 5.70. The second kappa shape index (κ2) is 8.15. The van der Waals surface area contributed by atoms with Gasteiger partial charge < -0.3 is 9.30 Å². The summed E-state index contributed by atoms with van der Waals surface area (Å²) in [5.41, 5.74) is 3.22. The van der Waals surface area contributed by atoms with Gasteiger partial charge in [0.2, 0.25) is 10.0 Å². The van der Waals surface area contributed by atoms with E-state index in [9.17, 15) is 17.2 Å². The Kier molecular flexibility index (Phi) is 5.65. The fourth-order valence-electron chi connectivity index (χ4n) is 3.68. The van der Waals surface area contributed by atoms with E-state index in [1.54, 1.807) is 11.7 Å². The van der Waals surface area contributed by atoms with E-state index in [2.05, 4.69) is 15.0 Å². The van der Waals surface area contributed by atoms with Crippen molar-refractivity contribution in [2.75, 3.05) is 13.7 Å². The minimum Gasteiger partial charge on any atom is -0.384 e. The Balaban J connectivity index is 1.96. The topological polar surface area (TPSA) is 113 Å². The fraction of sp³-hybridized carbons (Fsp3) is 0.286. The van der Waals surface area contributed by atoms with E-state index in [0.29, 0.717) is 47.3 Å². The number of nitrogens with zero attached hydrogens (tertiary/aromatic N) is 4. The summed E-state index contributed by atoms with van der Waals surface area (Å²) in [4.78, 5) is 12.8. The number of hydrogen-bond donors (Lipinski definition) is 1. The van der Waals surface area contributed by atoms with Gasteiger partial charge >= 0.3 is 0 Å². The van der Waals surface area contributed by atoms with Crippen LogP contribution in [0.3, 0.4) is 0 Å². The van der Waals surface area contributed by atoms with E-state index < -0.39 is 26.6 Å². The molecule has 0 amide bonds. The van der Waals surface area contributed by atoms with Crippen LogP contribution >= 0.6 is 0 Å². The molecule has 4 rings (SSSR count). The second-order valence-electron chi connectivity index (χ2n) is 7.49. The molecule has 8 nitrogen and oxygen atoms in total. The highest BCUT2D eigenvalue weighted by molar-refractivity contribution is 7.89. The number of benzene rings is 1. The maximum atomic E-state index is 14.8. The molecule has 0 aliphatic rings. The second-order valence-corrected chi connectivity index (χ2v) is 9.02. The van der Waals surface area contributed by atoms with Crippen LogP contribution < -0.4 is 5.14 Å². The summed E-state index contributed by atoms with van der Waals surface area (Å²) < 4.78 is 59.2. The lowest BCUT2D eigenvalue weighted by Gasteiger charge is -2.13. The first-order chi connectivity index (χ1) is 15.1. The van der Waals surface area contributed by atoms with Crippen LogP contribution in [0.1, 0.15) is 22.8 Å². The number of sulfonamides is 1. The summed E-state index contributed by atoms with van der Waals surface area (Å²) in [5.74, 6) is -1.42. The zero-order chi connectivity index (χ0) is 23.2. The Hall–Kier alpha value is -3.02. The van der Waals surface area contributed by atoms with Crippen LogP contribution in [-0.4, -0.2) is 41.7 Å². The third-order valence-corrected chi connectivity index (χ3v) is 6.12. The summed E-state index contributed by atoms with van der Waals surface area (Å²) in [6.07, 6.45) is 0.421. The first kappa shape index (κ1) is 22.2. The van der Waals surface area contributed by atoms with Crippen LogP contribution in [0.4, 0.5) is 8.78 Å². The van der Waals surface area contributed by atoms with Gasteiger partial charge in [-0.05, 0) is 38.1 Å². The van der Waals surface area contributed by atoms with Gasteiger partial charge in [0.1, 0.15) is 27.9 Å². The quantitative estimate of drug-likeness (QED) is 0.472. The van der Waals surface area contributed by atoms with E-state index in [1.807, 2.05) is 26.0 Å². The largest absolute Gasteiger partial charge is 0.384 e. The average molecular weight is 461 g/mol. The zero-order valence-electron chi connectivity index (χ0n) is 17.7. The standard InChI is InChI=1S/C21H21F2N5O3S/c1-11-4-5-14-20-19(12(2)26-21(14)25-11)27-18(6-7-31-3)28(20)10-13-8-16(23)17(9-15(13)22)32(24,29)30/h4-5,8-9H,6-7,10H2,1-3H3,(H2,24,29,30). The van der Waals surface area contributed by atoms with Crippen LogP contribution in [0.15, 0.2) is 29.2 Å². The monoisotopic (exact) mass is 461 g/mol. The molecule has 0 bridgehead atoms. The van der Waals surface area contributed by atoms with Crippen LogP contribution in [0.2, 0.25) is 0 Å². The van der Waals surface area contributed by atoms with Crippen molar-refractivity contribution in [3.63, 3.8) is 0 Å². The van der Waals surface area contributed by atoms with Gasteiger partial charge in [0.15, 0.2) is 5.65 Å². The molecule has 0 saturated heterocycles. The van der Waals surface area contributed by atoms with Gasteiger partial charge in [-0.3, -0.25) is 0 Å². The molecule has 3 aromatic heterocycles. The maximum absolute atomic E-state index is 14.8. The lowest BCUT2D eigenvalue weighted by atomic mass is 10.1. The van der Waals surface area contributed by atoms with Gasteiger partial charge in [0, 0.05) is 30.2 Å². The molecule has 0 aliphatic heterocycles. The van der Waals surface area contributed by atoms with Gasteiger partial charge in [-0.25, -0.2) is 37.3 Å². The molecular weight excluding hydrogens is 440 g/mol. The summed E-state index contributed by atoms with van der Waals surface area (Å²) in [6.45, 7) is 3.94. The molecule has 168 valence electrons. The van der Waals surface area contributed by atoms with Crippen molar-refractivity contribution in [2.45, 2.75) is 31.7 Å². The predicted octanol–water partition coefficient (Wildman–Crippen LogP) is 2.76. The Morgan fingerprint density at radius 1 is 1.09 bits per heavy atom. The molecule has 0 radical (unpaired) electrons. The van der Waals surface area contributed by atoms with E-state index in [4.69, 9.17) is 9.88 Å².